The topological polar surface area (TPSA) is 37.4 Å². The lowest BCUT2D eigenvalue weighted by Gasteiger charge is -2.22. The molecule has 0 saturated heterocycles. The van der Waals surface area contributed by atoms with Crippen LogP contribution in [0.5, 0.6) is 0 Å². The number of sulfonamides is 1. The zero-order valence-electron chi connectivity index (χ0n) is 11.4. The molecule has 0 bridgehead atoms. The van der Waals surface area contributed by atoms with E-state index < -0.39 is 15.8 Å². The van der Waals surface area contributed by atoms with E-state index in [2.05, 4.69) is 0 Å². The Morgan fingerprint density at radius 2 is 2.00 bits per heavy atom. The first-order valence-corrected chi connectivity index (χ1v) is 8.14. The van der Waals surface area contributed by atoms with Crippen molar-refractivity contribution in [3.8, 4) is 0 Å². The molecule has 0 aliphatic heterocycles. The molecule has 19 heavy (non-hydrogen) atoms. The molecule has 0 spiro atoms. The highest BCUT2D eigenvalue weighted by Gasteiger charge is 2.26. The van der Waals surface area contributed by atoms with Gasteiger partial charge in [-0.15, -0.1) is 11.6 Å². The normalized spacial score (nSPS) is 12.4. The maximum Gasteiger partial charge on any atom is 0.245 e. The molecule has 0 N–H and O–H groups in total. The number of benzene rings is 1. The molecular formula is C13H19ClFNO2S. The molecule has 0 aliphatic rings. The first-order chi connectivity index (χ1) is 8.82. The molecule has 0 amide bonds. The van der Waals surface area contributed by atoms with Crippen LogP contribution in [-0.4, -0.2) is 25.8 Å². The third-order valence-corrected chi connectivity index (χ3v) is 4.97. The SMILES string of the molecule is CCN(CC(C)C)S(=O)(=O)c1ccc(CCl)cc1F. The van der Waals surface area contributed by atoms with Crippen molar-refractivity contribution in [2.45, 2.75) is 31.5 Å². The maximum atomic E-state index is 13.9. The molecule has 0 fully saturated rings. The van der Waals surface area contributed by atoms with Gasteiger partial charge in [0.05, 0.1) is 0 Å². The van der Waals surface area contributed by atoms with Crippen molar-refractivity contribution >= 4 is 21.6 Å². The van der Waals surface area contributed by atoms with Gasteiger partial charge in [0.15, 0.2) is 0 Å². The third kappa shape index (κ3) is 3.91. The van der Waals surface area contributed by atoms with Gasteiger partial charge in [0.2, 0.25) is 10.0 Å². The summed E-state index contributed by atoms with van der Waals surface area (Å²) in [5.41, 5.74) is 0.560. The fourth-order valence-electron chi connectivity index (χ4n) is 1.78. The van der Waals surface area contributed by atoms with Gasteiger partial charge in [-0.2, -0.15) is 4.31 Å². The largest absolute Gasteiger partial charge is 0.245 e. The summed E-state index contributed by atoms with van der Waals surface area (Å²) in [6.07, 6.45) is 0. The molecule has 6 heteroatoms. The molecule has 1 aromatic carbocycles. The van der Waals surface area contributed by atoms with Crippen molar-refractivity contribution in [3.63, 3.8) is 0 Å². The van der Waals surface area contributed by atoms with Crippen LogP contribution >= 0.6 is 11.6 Å². The Labute approximate surface area is 119 Å². The molecule has 1 aromatic rings. The Bertz CT molecular complexity index is 531. The van der Waals surface area contributed by atoms with E-state index in [1.54, 1.807) is 6.92 Å². The summed E-state index contributed by atoms with van der Waals surface area (Å²) < 4.78 is 39.9. The van der Waals surface area contributed by atoms with E-state index in [0.29, 0.717) is 18.7 Å². The molecule has 108 valence electrons. The van der Waals surface area contributed by atoms with Crippen LogP contribution in [0.1, 0.15) is 26.3 Å². The van der Waals surface area contributed by atoms with E-state index in [4.69, 9.17) is 11.6 Å². The van der Waals surface area contributed by atoms with Gasteiger partial charge in [0.25, 0.3) is 0 Å². The molecular weight excluding hydrogens is 289 g/mol. The second kappa shape index (κ2) is 6.68. The molecule has 0 aliphatic carbocycles. The van der Waals surface area contributed by atoms with Crippen LogP contribution < -0.4 is 0 Å². The molecule has 1 rings (SSSR count). The Morgan fingerprint density at radius 1 is 1.37 bits per heavy atom. The molecule has 0 aromatic heterocycles. The lowest BCUT2D eigenvalue weighted by molar-refractivity contribution is 0.378. The van der Waals surface area contributed by atoms with Crippen LogP contribution in [0.2, 0.25) is 0 Å². The number of rotatable bonds is 6. The monoisotopic (exact) mass is 307 g/mol. The average molecular weight is 308 g/mol. The van der Waals surface area contributed by atoms with Gasteiger partial charge >= 0.3 is 0 Å². The van der Waals surface area contributed by atoms with Gasteiger partial charge < -0.3 is 0 Å². The molecule has 0 unspecified atom stereocenters. The number of alkyl halides is 1. The Morgan fingerprint density at radius 3 is 2.42 bits per heavy atom. The fraction of sp³-hybridized carbons (Fsp3) is 0.538. The van der Waals surface area contributed by atoms with Crippen LogP contribution in [0.4, 0.5) is 4.39 Å². The highest BCUT2D eigenvalue weighted by atomic mass is 35.5. The van der Waals surface area contributed by atoms with Gasteiger partial charge in [0.1, 0.15) is 10.7 Å². The van der Waals surface area contributed by atoms with Crippen LogP contribution in [0.15, 0.2) is 23.1 Å². The second-order valence-corrected chi connectivity index (χ2v) is 6.92. The minimum absolute atomic E-state index is 0.154. The van der Waals surface area contributed by atoms with E-state index in [9.17, 15) is 12.8 Å². The average Bonchev–Trinajstić information content (AvgIpc) is 2.34. The van der Waals surface area contributed by atoms with Gasteiger partial charge in [-0.25, -0.2) is 12.8 Å². The van der Waals surface area contributed by atoms with Gasteiger partial charge in [0, 0.05) is 19.0 Å². The number of hydrogen-bond acceptors (Lipinski definition) is 2. The summed E-state index contributed by atoms with van der Waals surface area (Å²) in [6, 6.07) is 3.99. The zero-order valence-corrected chi connectivity index (χ0v) is 12.9. The first kappa shape index (κ1) is 16.4. The van der Waals surface area contributed by atoms with Gasteiger partial charge in [-0.05, 0) is 23.6 Å². The maximum absolute atomic E-state index is 13.9. The Kier molecular flexibility index (Phi) is 5.77. The summed E-state index contributed by atoms with van der Waals surface area (Å²) in [5.74, 6) is -0.416. The predicted octanol–water partition coefficient (Wildman–Crippen LogP) is 3.23. The van der Waals surface area contributed by atoms with Crippen molar-refractivity contribution < 1.29 is 12.8 Å². The highest BCUT2D eigenvalue weighted by molar-refractivity contribution is 7.89. The van der Waals surface area contributed by atoms with E-state index in [-0.39, 0.29) is 16.7 Å². The molecule has 0 heterocycles. The van der Waals surface area contributed by atoms with Gasteiger partial charge in [-0.3, -0.25) is 0 Å². The summed E-state index contributed by atoms with van der Waals surface area (Å²) in [7, 11) is -3.79. The third-order valence-electron chi connectivity index (χ3n) is 2.69. The molecule has 0 atom stereocenters. The number of nitrogens with zero attached hydrogens (tertiary/aromatic N) is 1. The van der Waals surface area contributed by atoms with Crippen molar-refractivity contribution in [2.75, 3.05) is 13.1 Å². The van der Waals surface area contributed by atoms with Crippen LogP contribution in [0.25, 0.3) is 0 Å². The second-order valence-electron chi connectivity index (χ2n) is 4.75. The van der Waals surface area contributed by atoms with Crippen LogP contribution in [-0.2, 0) is 15.9 Å². The number of hydrogen-bond donors (Lipinski definition) is 0. The quantitative estimate of drug-likeness (QED) is 0.757. The standard InChI is InChI=1S/C13H19ClFNO2S/c1-4-16(9-10(2)3)19(17,18)13-6-5-11(8-14)7-12(13)15/h5-7,10H,4,8-9H2,1-3H3. The zero-order chi connectivity index (χ0) is 14.6. The molecule has 3 nitrogen and oxygen atoms in total. The summed E-state index contributed by atoms with van der Waals surface area (Å²) in [4.78, 5) is -0.288. The minimum atomic E-state index is -3.79. The van der Waals surface area contributed by atoms with Crippen LogP contribution in [0.3, 0.4) is 0 Å². The summed E-state index contributed by atoms with van der Waals surface area (Å²) in [6.45, 7) is 6.27. The summed E-state index contributed by atoms with van der Waals surface area (Å²) >= 11 is 5.60. The smallest absolute Gasteiger partial charge is 0.207 e. The van der Waals surface area contributed by atoms with E-state index in [1.807, 2.05) is 13.8 Å². The van der Waals surface area contributed by atoms with E-state index in [1.165, 1.54) is 22.5 Å². The van der Waals surface area contributed by atoms with Crippen LogP contribution in [0, 0.1) is 11.7 Å². The van der Waals surface area contributed by atoms with E-state index in [0.717, 1.165) is 0 Å². The lowest BCUT2D eigenvalue weighted by Crippen LogP contribution is -2.34. The van der Waals surface area contributed by atoms with Gasteiger partial charge in [-0.1, -0.05) is 26.8 Å². The molecule has 0 saturated carbocycles. The Hall–Kier alpha value is -0.650. The first-order valence-electron chi connectivity index (χ1n) is 6.17. The Balaban J connectivity index is 3.18. The lowest BCUT2D eigenvalue weighted by atomic mass is 10.2. The van der Waals surface area contributed by atoms with E-state index >= 15 is 0 Å². The summed E-state index contributed by atoms with van der Waals surface area (Å²) in [5, 5.41) is 0. The highest BCUT2D eigenvalue weighted by Crippen LogP contribution is 2.21. The van der Waals surface area contributed by atoms with Crippen molar-refractivity contribution in [2.24, 2.45) is 5.92 Å². The fourth-order valence-corrected chi connectivity index (χ4v) is 3.60. The number of halogens is 2. The predicted molar refractivity (Wildman–Crippen MR) is 75.2 cm³/mol. The van der Waals surface area contributed by atoms with Crippen molar-refractivity contribution in [3.05, 3.63) is 29.6 Å². The van der Waals surface area contributed by atoms with Crippen molar-refractivity contribution in [1.29, 1.82) is 0 Å². The minimum Gasteiger partial charge on any atom is -0.207 e. The van der Waals surface area contributed by atoms with Crippen molar-refractivity contribution in [1.82, 2.24) is 4.31 Å². The molecule has 0 radical (unpaired) electrons.